The number of carboxylic acids is 1. The molecule has 0 aromatic heterocycles. The van der Waals surface area contributed by atoms with E-state index >= 15 is 0 Å². The molecular formula is C11H13NO2. The van der Waals surface area contributed by atoms with Crippen molar-refractivity contribution in [2.24, 2.45) is 5.73 Å². The molecule has 0 spiro atoms. The van der Waals surface area contributed by atoms with Crippen molar-refractivity contribution in [2.75, 3.05) is 6.54 Å². The van der Waals surface area contributed by atoms with E-state index in [-0.39, 0.29) is 11.8 Å². The van der Waals surface area contributed by atoms with Crippen LogP contribution in [0.25, 0.3) is 0 Å². The van der Waals surface area contributed by atoms with Gasteiger partial charge in [0.2, 0.25) is 0 Å². The van der Waals surface area contributed by atoms with E-state index in [4.69, 9.17) is 10.8 Å². The third-order valence-corrected chi connectivity index (χ3v) is 3.00. The average molecular weight is 191 g/mol. The van der Waals surface area contributed by atoms with E-state index < -0.39 is 5.97 Å². The topological polar surface area (TPSA) is 63.3 Å². The lowest BCUT2D eigenvalue weighted by Crippen LogP contribution is -2.46. The van der Waals surface area contributed by atoms with Crippen LogP contribution in [0.3, 0.4) is 0 Å². The first-order valence-electron chi connectivity index (χ1n) is 4.68. The van der Waals surface area contributed by atoms with Crippen LogP contribution in [0.2, 0.25) is 0 Å². The number of fused-ring (bicyclic) bond motifs is 1. The smallest absolute Gasteiger partial charge is 0.304 e. The standard InChI is InChI=1S/C11H13NO2/c12-7-11(6-10(13)14)5-8-3-1-2-4-9(8)11/h1-4H,5-7,12H2,(H,13,14). The van der Waals surface area contributed by atoms with Gasteiger partial charge in [-0.15, -0.1) is 0 Å². The third-order valence-electron chi connectivity index (χ3n) is 3.00. The van der Waals surface area contributed by atoms with Crippen LogP contribution in [0.4, 0.5) is 0 Å². The van der Waals surface area contributed by atoms with Crippen LogP contribution >= 0.6 is 0 Å². The number of aliphatic carboxylic acids is 1. The van der Waals surface area contributed by atoms with Crippen molar-refractivity contribution >= 4 is 5.97 Å². The van der Waals surface area contributed by atoms with E-state index in [9.17, 15) is 4.79 Å². The third kappa shape index (κ3) is 1.21. The van der Waals surface area contributed by atoms with Crippen molar-refractivity contribution in [1.82, 2.24) is 0 Å². The molecule has 1 aliphatic carbocycles. The summed E-state index contributed by atoms with van der Waals surface area (Å²) in [7, 11) is 0. The zero-order valence-corrected chi connectivity index (χ0v) is 7.86. The van der Waals surface area contributed by atoms with E-state index in [2.05, 4.69) is 0 Å². The van der Waals surface area contributed by atoms with E-state index in [1.54, 1.807) is 0 Å². The lowest BCUT2D eigenvalue weighted by molar-refractivity contribution is -0.138. The molecule has 0 amide bonds. The normalized spacial score (nSPS) is 23.8. The summed E-state index contributed by atoms with van der Waals surface area (Å²) in [5, 5.41) is 8.82. The number of benzene rings is 1. The van der Waals surface area contributed by atoms with E-state index in [1.807, 2.05) is 24.3 Å². The summed E-state index contributed by atoms with van der Waals surface area (Å²) >= 11 is 0. The van der Waals surface area contributed by atoms with Gasteiger partial charge >= 0.3 is 5.97 Å². The predicted octanol–water partition coefficient (Wildman–Crippen LogP) is 0.914. The summed E-state index contributed by atoms with van der Waals surface area (Å²) in [4.78, 5) is 10.7. The summed E-state index contributed by atoms with van der Waals surface area (Å²) in [5.74, 6) is -0.773. The largest absolute Gasteiger partial charge is 0.481 e. The minimum Gasteiger partial charge on any atom is -0.481 e. The van der Waals surface area contributed by atoms with Crippen LogP contribution in [-0.4, -0.2) is 17.6 Å². The lowest BCUT2D eigenvalue weighted by Gasteiger charge is -2.42. The molecule has 1 unspecified atom stereocenters. The highest BCUT2D eigenvalue weighted by molar-refractivity contribution is 5.71. The van der Waals surface area contributed by atoms with Gasteiger partial charge in [-0.1, -0.05) is 24.3 Å². The molecule has 1 aliphatic rings. The molecule has 3 nitrogen and oxygen atoms in total. The van der Waals surface area contributed by atoms with Gasteiger partial charge in [-0.05, 0) is 17.5 Å². The van der Waals surface area contributed by atoms with Gasteiger partial charge < -0.3 is 10.8 Å². The maximum absolute atomic E-state index is 10.7. The Morgan fingerprint density at radius 3 is 2.79 bits per heavy atom. The Labute approximate surface area is 82.5 Å². The number of hydrogen-bond acceptors (Lipinski definition) is 2. The van der Waals surface area contributed by atoms with Crippen LogP contribution in [0.1, 0.15) is 17.5 Å². The molecule has 3 heteroatoms. The van der Waals surface area contributed by atoms with Gasteiger partial charge in [0.05, 0.1) is 6.42 Å². The number of rotatable bonds is 3. The summed E-state index contributed by atoms with van der Waals surface area (Å²) in [6.07, 6.45) is 0.937. The van der Waals surface area contributed by atoms with Crippen LogP contribution in [0.5, 0.6) is 0 Å². The molecule has 1 aromatic carbocycles. The summed E-state index contributed by atoms with van der Waals surface area (Å²) in [5.41, 5.74) is 7.72. The first-order chi connectivity index (χ1) is 6.68. The fourth-order valence-electron chi connectivity index (χ4n) is 2.25. The lowest BCUT2D eigenvalue weighted by atomic mass is 9.62. The summed E-state index contributed by atoms with van der Waals surface area (Å²) in [6.45, 7) is 0.413. The number of carboxylic acid groups (broad SMARTS) is 1. The van der Waals surface area contributed by atoms with Crippen LogP contribution in [0.15, 0.2) is 24.3 Å². The van der Waals surface area contributed by atoms with Gasteiger partial charge in [0.1, 0.15) is 0 Å². The predicted molar refractivity (Wildman–Crippen MR) is 53.1 cm³/mol. The van der Waals surface area contributed by atoms with E-state index in [0.29, 0.717) is 6.54 Å². The first-order valence-corrected chi connectivity index (χ1v) is 4.68. The molecule has 2 rings (SSSR count). The van der Waals surface area contributed by atoms with Gasteiger partial charge in [0.15, 0.2) is 0 Å². The Balaban J connectivity index is 2.32. The Kier molecular flexibility index (Phi) is 2.04. The van der Waals surface area contributed by atoms with Gasteiger partial charge in [-0.25, -0.2) is 0 Å². The van der Waals surface area contributed by atoms with Crippen molar-refractivity contribution < 1.29 is 9.90 Å². The van der Waals surface area contributed by atoms with Gasteiger partial charge in [0.25, 0.3) is 0 Å². The minimum absolute atomic E-state index is 0.139. The molecule has 0 bridgehead atoms. The Hall–Kier alpha value is -1.35. The van der Waals surface area contributed by atoms with Crippen LogP contribution in [0, 0.1) is 0 Å². The maximum Gasteiger partial charge on any atom is 0.304 e. The molecule has 74 valence electrons. The van der Waals surface area contributed by atoms with E-state index in [0.717, 1.165) is 12.0 Å². The van der Waals surface area contributed by atoms with Crippen LogP contribution in [-0.2, 0) is 16.6 Å². The second-order valence-corrected chi connectivity index (χ2v) is 3.89. The van der Waals surface area contributed by atoms with Crippen molar-refractivity contribution in [3.63, 3.8) is 0 Å². The summed E-state index contributed by atoms with van der Waals surface area (Å²) in [6, 6.07) is 7.92. The number of hydrogen-bond donors (Lipinski definition) is 2. The average Bonchev–Trinajstić information content (AvgIpc) is 2.13. The minimum atomic E-state index is -0.773. The monoisotopic (exact) mass is 191 g/mol. The number of nitrogens with two attached hydrogens (primary N) is 1. The Morgan fingerprint density at radius 2 is 2.21 bits per heavy atom. The van der Waals surface area contributed by atoms with Crippen LogP contribution < -0.4 is 5.73 Å². The van der Waals surface area contributed by atoms with Crippen molar-refractivity contribution in [3.8, 4) is 0 Å². The van der Waals surface area contributed by atoms with Gasteiger partial charge in [-0.3, -0.25) is 4.79 Å². The fraction of sp³-hybridized carbons (Fsp3) is 0.364. The molecule has 3 N–H and O–H groups in total. The zero-order chi connectivity index (χ0) is 10.2. The highest BCUT2D eigenvalue weighted by Crippen LogP contribution is 2.42. The molecule has 1 aromatic rings. The molecule has 0 radical (unpaired) electrons. The molecule has 0 saturated carbocycles. The molecule has 1 atom stereocenters. The molecular weight excluding hydrogens is 178 g/mol. The quantitative estimate of drug-likeness (QED) is 0.746. The summed E-state index contributed by atoms with van der Waals surface area (Å²) < 4.78 is 0. The second kappa shape index (κ2) is 3.10. The zero-order valence-electron chi connectivity index (χ0n) is 7.86. The number of carbonyl (C=O) groups is 1. The van der Waals surface area contributed by atoms with Crippen molar-refractivity contribution in [1.29, 1.82) is 0 Å². The fourth-order valence-corrected chi connectivity index (χ4v) is 2.25. The van der Waals surface area contributed by atoms with Crippen molar-refractivity contribution in [3.05, 3.63) is 35.4 Å². The van der Waals surface area contributed by atoms with Gasteiger partial charge in [-0.2, -0.15) is 0 Å². The molecule has 0 heterocycles. The highest BCUT2D eigenvalue weighted by atomic mass is 16.4. The molecule has 14 heavy (non-hydrogen) atoms. The maximum atomic E-state index is 10.7. The van der Waals surface area contributed by atoms with Gasteiger partial charge in [0, 0.05) is 12.0 Å². The van der Waals surface area contributed by atoms with E-state index in [1.165, 1.54) is 5.56 Å². The second-order valence-electron chi connectivity index (χ2n) is 3.89. The molecule has 0 saturated heterocycles. The van der Waals surface area contributed by atoms with Crippen molar-refractivity contribution in [2.45, 2.75) is 18.3 Å². The molecule has 0 fully saturated rings. The molecule has 0 aliphatic heterocycles. The highest BCUT2D eigenvalue weighted by Gasteiger charge is 2.42. The Morgan fingerprint density at radius 1 is 1.50 bits per heavy atom. The SMILES string of the molecule is NCC1(CC(=O)O)Cc2ccccc21. The first kappa shape index (κ1) is 9.21. The Bertz CT molecular complexity index is 375.